The van der Waals surface area contributed by atoms with Crippen LogP contribution in [0.3, 0.4) is 0 Å². The second kappa shape index (κ2) is 7.92. The standard InChI is InChI=1S/C17H19N3O.ClH/c21-18-20-12-11-19(13-15-7-3-1-4-8-15)17(14-20)16-9-5-2-6-10-16;/h1-10,17H,11-14H2;1H. The zero-order chi connectivity index (χ0) is 14.5. The SMILES string of the molecule is Cl.O=NN1CCN(Cc2ccccc2)C(c2ccccc2)C1. The molecule has 4 nitrogen and oxygen atoms in total. The fourth-order valence-electron chi connectivity index (χ4n) is 2.88. The van der Waals surface area contributed by atoms with E-state index in [0.29, 0.717) is 13.1 Å². The fraction of sp³-hybridized carbons (Fsp3) is 0.294. The van der Waals surface area contributed by atoms with E-state index in [-0.39, 0.29) is 18.4 Å². The summed E-state index contributed by atoms with van der Waals surface area (Å²) in [6.45, 7) is 3.09. The largest absolute Gasteiger partial charge is 0.288 e. The molecule has 0 spiro atoms. The van der Waals surface area contributed by atoms with Crippen LogP contribution in [0.5, 0.6) is 0 Å². The first-order valence-corrected chi connectivity index (χ1v) is 7.28. The topological polar surface area (TPSA) is 35.9 Å². The summed E-state index contributed by atoms with van der Waals surface area (Å²) in [4.78, 5) is 13.3. The molecule has 22 heavy (non-hydrogen) atoms. The Hall–Kier alpha value is -1.91. The van der Waals surface area contributed by atoms with Crippen molar-refractivity contribution < 1.29 is 0 Å². The van der Waals surface area contributed by atoms with Gasteiger partial charge in [0, 0.05) is 13.1 Å². The summed E-state index contributed by atoms with van der Waals surface area (Å²) in [6, 6.07) is 21.0. The van der Waals surface area contributed by atoms with E-state index < -0.39 is 0 Å². The van der Waals surface area contributed by atoms with E-state index in [2.05, 4.69) is 46.6 Å². The van der Waals surface area contributed by atoms with Gasteiger partial charge in [0.1, 0.15) is 0 Å². The molecule has 1 unspecified atom stereocenters. The molecule has 1 fully saturated rings. The normalized spacial score (nSPS) is 18.5. The highest BCUT2D eigenvalue weighted by Crippen LogP contribution is 2.27. The number of nitroso groups, excluding NO2 is 1. The van der Waals surface area contributed by atoms with Crippen molar-refractivity contribution in [1.29, 1.82) is 0 Å². The van der Waals surface area contributed by atoms with Gasteiger partial charge >= 0.3 is 0 Å². The van der Waals surface area contributed by atoms with Gasteiger partial charge in [0.05, 0.1) is 24.4 Å². The number of hydrogen-bond donors (Lipinski definition) is 0. The van der Waals surface area contributed by atoms with Gasteiger partial charge in [0.25, 0.3) is 0 Å². The summed E-state index contributed by atoms with van der Waals surface area (Å²) >= 11 is 0. The summed E-state index contributed by atoms with van der Waals surface area (Å²) in [5.41, 5.74) is 2.53. The summed E-state index contributed by atoms with van der Waals surface area (Å²) < 4.78 is 0. The van der Waals surface area contributed by atoms with Crippen LogP contribution in [0.15, 0.2) is 65.9 Å². The molecule has 0 aliphatic carbocycles. The zero-order valence-corrected chi connectivity index (χ0v) is 13.2. The van der Waals surface area contributed by atoms with Crippen molar-refractivity contribution in [3.63, 3.8) is 0 Å². The van der Waals surface area contributed by atoms with Gasteiger partial charge in [0.2, 0.25) is 0 Å². The van der Waals surface area contributed by atoms with Crippen molar-refractivity contribution in [3.8, 4) is 0 Å². The molecule has 0 aromatic heterocycles. The zero-order valence-electron chi connectivity index (χ0n) is 12.3. The third-order valence-corrected chi connectivity index (χ3v) is 4.00. The number of piperazine rings is 1. The Morgan fingerprint density at radius 1 is 0.955 bits per heavy atom. The Balaban J connectivity index is 0.00000176. The lowest BCUT2D eigenvalue weighted by Crippen LogP contribution is -2.45. The van der Waals surface area contributed by atoms with Crippen molar-refractivity contribution in [2.45, 2.75) is 12.6 Å². The molecule has 0 radical (unpaired) electrons. The van der Waals surface area contributed by atoms with Crippen molar-refractivity contribution in [2.75, 3.05) is 19.6 Å². The summed E-state index contributed by atoms with van der Waals surface area (Å²) in [5, 5.41) is 4.75. The molecule has 1 saturated heterocycles. The third-order valence-electron chi connectivity index (χ3n) is 4.00. The van der Waals surface area contributed by atoms with Gasteiger partial charge in [0.15, 0.2) is 0 Å². The van der Waals surface area contributed by atoms with E-state index in [9.17, 15) is 4.91 Å². The molecule has 5 heteroatoms. The predicted octanol–water partition coefficient (Wildman–Crippen LogP) is 3.65. The van der Waals surface area contributed by atoms with Crippen molar-refractivity contribution >= 4 is 12.4 Å². The van der Waals surface area contributed by atoms with Crippen LogP contribution in [-0.2, 0) is 6.54 Å². The molecule has 0 saturated carbocycles. The van der Waals surface area contributed by atoms with Gasteiger partial charge in [-0.3, -0.25) is 9.91 Å². The Morgan fingerprint density at radius 2 is 1.59 bits per heavy atom. The smallest absolute Gasteiger partial charge is 0.0590 e. The maximum absolute atomic E-state index is 10.9. The molecule has 3 rings (SSSR count). The van der Waals surface area contributed by atoms with Gasteiger partial charge in [-0.1, -0.05) is 60.7 Å². The maximum Gasteiger partial charge on any atom is 0.0590 e. The van der Waals surface area contributed by atoms with Crippen LogP contribution in [0, 0.1) is 4.91 Å². The van der Waals surface area contributed by atoms with Crippen LogP contribution < -0.4 is 0 Å². The van der Waals surface area contributed by atoms with Gasteiger partial charge in [-0.05, 0) is 11.1 Å². The van der Waals surface area contributed by atoms with Crippen LogP contribution in [0.1, 0.15) is 17.2 Å². The van der Waals surface area contributed by atoms with Crippen LogP contribution in [0.2, 0.25) is 0 Å². The Bertz CT molecular complexity index is 579. The average Bonchev–Trinajstić information content (AvgIpc) is 2.57. The molecule has 2 aromatic carbocycles. The molecule has 0 amide bonds. The van der Waals surface area contributed by atoms with Crippen molar-refractivity contribution in [1.82, 2.24) is 9.91 Å². The fourth-order valence-corrected chi connectivity index (χ4v) is 2.88. The second-order valence-corrected chi connectivity index (χ2v) is 5.38. The molecule has 116 valence electrons. The van der Waals surface area contributed by atoms with Crippen LogP contribution in [0.25, 0.3) is 0 Å². The van der Waals surface area contributed by atoms with Gasteiger partial charge in [-0.15, -0.1) is 17.3 Å². The minimum Gasteiger partial charge on any atom is -0.288 e. The van der Waals surface area contributed by atoms with Crippen molar-refractivity contribution in [2.24, 2.45) is 5.29 Å². The van der Waals surface area contributed by atoms with Crippen LogP contribution >= 0.6 is 12.4 Å². The quantitative estimate of drug-likeness (QED) is 0.808. The lowest BCUT2D eigenvalue weighted by molar-refractivity contribution is 0.0687. The highest BCUT2D eigenvalue weighted by atomic mass is 35.5. The van der Waals surface area contributed by atoms with Crippen LogP contribution in [-0.4, -0.2) is 29.5 Å². The highest BCUT2D eigenvalue weighted by molar-refractivity contribution is 5.85. The Morgan fingerprint density at radius 3 is 2.23 bits per heavy atom. The Labute approximate surface area is 137 Å². The predicted molar refractivity (Wildman–Crippen MR) is 90.7 cm³/mol. The van der Waals surface area contributed by atoms with E-state index in [1.165, 1.54) is 11.1 Å². The lowest BCUT2D eigenvalue weighted by atomic mass is 10.0. The molecule has 1 aliphatic heterocycles. The number of benzene rings is 2. The Kier molecular flexibility index (Phi) is 5.92. The van der Waals surface area contributed by atoms with E-state index in [1.807, 2.05) is 24.3 Å². The average molecular weight is 318 g/mol. The third kappa shape index (κ3) is 3.84. The maximum atomic E-state index is 10.9. The van der Waals surface area contributed by atoms with Crippen LogP contribution in [0.4, 0.5) is 0 Å². The molecule has 1 heterocycles. The van der Waals surface area contributed by atoms with E-state index in [1.54, 1.807) is 5.01 Å². The summed E-state index contributed by atoms with van der Waals surface area (Å²) in [5.74, 6) is 0. The molecule has 0 N–H and O–H groups in total. The molecule has 2 aromatic rings. The second-order valence-electron chi connectivity index (χ2n) is 5.38. The first-order valence-electron chi connectivity index (χ1n) is 7.28. The van der Waals surface area contributed by atoms with E-state index in [4.69, 9.17) is 0 Å². The number of hydrogen-bond acceptors (Lipinski definition) is 3. The van der Waals surface area contributed by atoms with Gasteiger partial charge < -0.3 is 0 Å². The number of halogens is 1. The minimum atomic E-state index is 0. The van der Waals surface area contributed by atoms with Gasteiger partial charge in [-0.2, -0.15) is 0 Å². The lowest BCUT2D eigenvalue weighted by Gasteiger charge is -2.39. The molecule has 1 aliphatic rings. The summed E-state index contributed by atoms with van der Waals surface area (Å²) in [7, 11) is 0. The van der Waals surface area contributed by atoms with Gasteiger partial charge in [-0.25, -0.2) is 0 Å². The van der Waals surface area contributed by atoms with E-state index in [0.717, 1.165) is 13.1 Å². The number of nitrogens with zero attached hydrogens (tertiary/aromatic N) is 3. The summed E-state index contributed by atoms with van der Waals surface area (Å²) in [6.07, 6.45) is 0. The van der Waals surface area contributed by atoms with E-state index >= 15 is 0 Å². The minimum absolute atomic E-state index is 0. The molecular formula is C17H20ClN3O. The first-order chi connectivity index (χ1) is 10.4. The molecular weight excluding hydrogens is 298 g/mol. The number of rotatable bonds is 4. The molecule has 0 bridgehead atoms. The first kappa shape index (κ1) is 16.5. The highest BCUT2D eigenvalue weighted by Gasteiger charge is 2.28. The monoisotopic (exact) mass is 317 g/mol. The molecule has 1 atom stereocenters. The van der Waals surface area contributed by atoms with Crippen molar-refractivity contribution in [3.05, 3.63) is 76.7 Å².